The van der Waals surface area contributed by atoms with Crippen molar-refractivity contribution in [2.75, 3.05) is 19.7 Å². The van der Waals surface area contributed by atoms with Gasteiger partial charge in [0, 0.05) is 13.1 Å². The molecule has 0 aliphatic carbocycles. The molecule has 0 radical (unpaired) electrons. The highest BCUT2D eigenvalue weighted by Gasteiger charge is 2.27. The fraction of sp³-hybridized carbons (Fsp3) is 0.500. The topological polar surface area (TPSA) is 67.4 Å². The zero-order valence-corrected chi connectivity index (χ0v) is 15.7. The second kappa shape index (κ2) is 7.81. The molecule has 0 spiro atoms. The summed E-state index contributed by atoms with van der Waals surface area (Å²) in [5, 5.41) is 0. The third kappa shape index (κ3) is 5.00. The van der Waals surface area contributed by atoms with Gasteiger partial charge < -0.3 is 19.4 Å². The number of imidazole rings is 1. The van der Waals surface area contributed by atoms with Crippen LogP contribution in [0.15, 0.2) is 36.5 Å². The van der Waals surface area contributed by atoms with E-state index >= 15 is 0 Å². The Balaban J connectivity index is 1.44. The SMILES string of the molecule is CC(C)(C)OC(=O)N1CCC(COc2ncc(-c3ccccc3)[nH]2)CC1. The molecule has 1 aliphatic rings. The number of nitrogens with zero attached hydrogens (tertiary/aromatic N) is 2. The summed E-state index contributed by atoms with van der Waals surface area (Å²) in [4.78, 5) is 21.4. The molecular weight excluding hydrogens is 330 g/mol. The first-order valence-electron chi connectivity index (χ1n) is 9.12. The van der Waals surface area contributed by atoms with Gasteiger partial charge in [0.2, 0.25) is 0 Å². The number of hydrogen-bond donors (Lipinski definition) is 1. The van der Waals surface area contributed by atoms with Crippen molar-refractivity contribution in [2.24, 2.45) is 5.92 Å². The zero-order chi connectivity index (χ0) is 18.6. The Kier molecular flexibility index (Phi) is 5.49. The van der Waals surface area contributed by atoms with Crippen LogP contribution in [0.4, 0.5) is 4.79 Å². The molecule has 1 aromatic carbocycles. The van der Waals surface area contributed by atoms with Gasteiger partial charge in [0.05, 0.1) is 18.5 Å². The van der Waals surface area contributed by atoms with E-state index in [4.69, 9.17) is 9.47 Å². The van der Waals surface area contributed by atoms with E-state index in [0.29, 0.717) is 31.6 Å². The standard InChI is InChI=1S/C20H27N3O3/c1-20(2,3)26-19(24)23-11-9-15(10-12-23)14-25-18-21-13-17(22-18)16-7-5-4-6-8-16/h4-8,13,15H,9-12,14H2,1-3H3,(H,21,22). The van der Waals surface area contributed by atoms with Crippen LogP contribution in [0.25, 0.3) is 11.3 Å². The molecule has 2 heterocycles. The minimum atomic E-state index is -0.452. The number of aromatic amines is 1. The number of aromatic nitrogens is 2. The van der Waals surface area contributed by atoms with E-state index in [2.05, 4.69) is 9.97 Å². The van der Waals surface area contributed by atoms with Crippen molar-refractivity contribution in [3.63, 3.8) is 0 Å². The molecule has 3 rings (SSSR count). The monoisotopic (exact) mass is 357 g/mol. The molecule has 26 heavy (non-hydrogen) atoms. The molecule has 0 saturated carbocycles. The lowest BCUT2D eigenvalue weighted by molar-refractivity contribution is 0.0163. The maximum Gasteiger partial charge on any atom is 0.410 e. The van der Waals surface area contributed by atoms with E-state index in [9.17, 15) is 4.79 Å². The largest absolute Gasteiger partial charge is 0.465 e. The highest BCUT2D eigenvalue weighted by atomic mass is 16.6. The predicted molar refractivity (Wildman–Crippen MR) is 100 cm³/mol. The van der Waals surface area contributed by atoms with E-state index in [1.165, 1.54) is 0 Å². The average Bonchev–Trinajstić information content (AvgIpc) is 3.09. The van der Waals surface area contributed by atoms with Crippen LogP contribution in [-0.4, -0.2) is 46.3 Å². The first-order chi connectivity index (χ1) is 12.4. The molecule has 0 bridgehead atoms. The quantitative estimate of drug-likeness (QED) is 0.894. The Labute approximate surface area is 154 Å². The Bertz CT molecular complexity index is 713. The summed E-state index contributed by atoms with van der Waals surface area (Å²) in [6.07, 6.45) is 3.38. The molecule has 0 atom stereocenters. The number of nitrogens with one attached hydrogen (secondary N) is 1. The van der Waals surface area contributed by atoms with Gasteiger partial charge in [0.25, 0.3) is 6.01 Å². The number of carbonyl (C=O) groups excluding carboxylic acids is 1. The van der Waals surface area contributed by atoms with Gasteiger partial charge in [-0.25, -0.2) is 9.78 Å². The van der Waals surface area contributed by atoms with Crippen LogP contribution in [-0.2, 0) is 4.74 Å². The van der Waals surface area contributed by atoms with Gasteiger partial charge in [0.15, 0.2) is 0 Å². The predicted octanol–water partition coefficient (Wildman–Crippen LogP) is 4.10. The van der Waals surface area contributed by atoms with Crippen LogP contribution in [0.5, 0.6) is 6.01 Å². The highest BCUT2D eigenvalue weighted by molar-refractivity contribution is 5.68. The Hall–Kier alpha value is -2.50. The van der Waals surface area contributed by atoms with Gasteiger partial charge >= 0.3 is 6.09 Å². The molecule has 1 aliphatic heterocycles. The number of hydrogen-bond acceptors (Lipinski definition) is 4. The van der Waals surface area contributed by atoms with Gasteiger partial charge in [0.1, 0.15) is 5.60 Å². The summed E-state index contributed by atoms with van der Waals surface area (Å²) >= 11 is 0. The summed E-state index contributed by atoms with van der Waals surface area (Å²) in [6.45, 7) is 7.67. The third-order valence-electron chi connectivity index (χ3n) is 4.36. The van der Waals surface area contributed by atoms with Crippen LogP contribution in [0.3, 0.4) is 0 Å². The minimum absolute atomic E-state index is 0.226. The molecule has 1 aromatic heterocycles. The molecule has 2 aromatic rings. The lowest BCUT2D eigenvalue weighted by atomic mass is 9.98. The summed E-state index contributed by atoms with van der Waals surface area (Å²) < 4.78 is 11.2. The number of piperidine rings is 1. The lowest BCUT2D eigenvalue weighted by Gasteiger charge is -2.33. The fourth-order valence-corrected chi connectivity index (χ4v) is 2.95. The summed E-state index contributed by atoms with van der Waals surface area (Å²) in [5.41, 5.74) is 1.58. The van der Waals surface area contributed by atoms with Crippen molar-refractivity contribution in [1.29, 1.82) is 0 Å². The Morgan fingerprint density at radius 1 is 1.23 bits per heavy atom. The number of amides is 1. The van der Waals surface area contributed by atoms with Crippen LogP contribution in [0, 0.1) is 5.92 Å². The summed E-state index contributed by atoms with van der Waals surface area (Å²) in [7, 11) is 0. The van der Waals surface area contributed by atoms with E-state index in [1.54, 1.807) is 11.1 Å². The van der Waals surface area contributed by atoms with E-state index in [-0.39, 0.29) is 6.09 Å². The van der Waals surface area contributed by atoms with Crippen LogP contribution in [0.1, 0.15) is 33.6 Å². The van der Waals surface area contributed by atoms with Crippen molar-refractivity contribution in [2.45, 2.75) is 39.2 Å². The van der Waals surface area contributed by atoms with E-state index < -0.39 is 5.60 Å². The summed E-state index contributed by atoms with van der Waals surface area (Å²) in [6, 6.07) is 10.6. The molecular formula is C20H27N3O3. The van der Waals surface area contributed by atoms with Crippen molar-refractivity contribution >= 4 is 6.09 Å². The van der Waals surface area contributed by atoms with E-state index in [0.717, 1.165) is 24.1 Å². The van der Waals surface area contributed by atoms with Gasteiger partial charge in [-0.05, 0) is 45.1 Å². The molecule has 1 N–H and O–H groups in total. The molecule has 140 valence electrons. The molecule has 1 saturated heterocycles. The first-order valence-corrected chi connectivity index (χ1v) is 9.12. The molecule has 6 nitrogen and oxygen atoms in total. The molecule has 6 heteroatoms. The molecule has 1 amide bonds. The van der Waals surface area contributed by atoms with Crippen molar-refractivity contribution in [3.05, 3.63) is 36.5 Å². The Morgan fingerprint density at radius 3 is 2.58 bits per heavy atom. The van der Waals surface area contributed by atoms with Crippen LogP contribution < -0.4 is 4.74 Å². The number of ether oxygens (including phenoxy) is 2. The minimum Gasteiger partial charge on any atom is -0.465 e. The number of rotatable bonds is 4. The maximum absolute atomic E-state index is 12.1. The fourth-order valence-electron chi connectivity index (χ4n) is 2.95. The average molecular weight is 357 g/mol. The van der Waals surface area contributed by atoms with Gasteiger partial charge in [-0.2, -0.15) is 0 Å². The third-order valence-corrected chi connectivity index (χ3v) is 4.36. The molecule has 1 fully saturated rings. The smallest absolute Gasteiger partial charge is 0.410 e. The zero-order valence-electron chi connectivity index (χ0n) is 15.7. The van der Waals surface area contributed by atoms with Gasteiger partial charge in [-0.15, -0.1) is 0 Å². The Morgan fingerprint density at radius 2 is 1.92 bits per heavy atom. The van der Waals surface area contributed by atoms with Crippen LogP contribution in [0.2, 0.25) is 0 Å². The van der Waals surface area contributed by atoms with Gasteiger partial charge in [-0.1, -0.05) is 30.3 Å². The first kappa shape index (κ1) is 18.3. The van der Waals surface area contributed by atoms with Crippen molar-refractivity contribution < 1.29 is 14.3 Å². The maximum atomic E-state index is 12.1. The van der Waals surface area contributed by atoms with Crippen molar-refractivity contribution in [3.8, 4) is 17.3 Å². The van der Waals surface area contributed by atoms with Crippen molar-refractivity contribution in [1.82, 2.24) is 14.9 Å². The highest BCUT2D eigenvalue weighted by Crippen LogP contribution is 2.22. The number of H-pyrrole nitrogens is 1. The number of carbonyl (C=O) groups is 1. The van der Waals surface area contributed by atoms with E-state index in [1.807, 2.05) is 51.1 Å². The normalized spacial score (nSPS) is 15.7. The van der Waals surface area contributed by atoms with Crippen LogP contribution >= 0.6 is 0 Å². The lowest BCUT2D eigenvalue weighted by Crippen LogP contribution is -2.42. The summed E-state index contributed by atoms with van der Waals surface area (Å²) in [5.74, 6) is 0.416. The number of benzene rings is 1. The second-order valence-corrected chi connectivity index (χ2v) is 7.69. The second-order valence-electron chi connectivity index (χ2n) is 7.69. The number of likely N-dealkylation sites (tertiary alicyclic amines) is 1. The van der Waals surface area contributed by atoms with Gasteiger partial charge in [-0.3, -0.25) is 0 Å². The molecule has 0 unspecified atom stereocenters.